The molecule has 0 N–H and O–H groups in total. The van der Waals surface area contributed by atoms with E-state index in [1.54, 1.807) is 0 Å². The third kappa shape index (κ3) is 2.64. The van der Waals surface area contributed by atoms with Crippen molar-refractivity contribution in [1.82, 2.24) is 0 Å². The van der Waals surface area contributed by atoms with Crippen molar-refractivity contribution in [2.45, 2.75) is 12.4 Å². The van der Waals surface area contributed by atoms with Gasteiger partial charge in [0, 0.05) is 0 Å². The van der Waals surface area contributed by atoms with Gasteiger partial charge in [0.15, 0.2) is 0 Å². The quantitative estimate of drug-likeness (QED) is 0.590. The summed E-state index contributed by atoms with van der Waals surface area (Å²) in [7, 11) is 0. The maximum atomic E-state index is 12.2. The van der Waals surface area contributed by atoms with Crippen LogP contribution in [0.1, 0.15) is 16.7 Å². The van der Waals surface area contributed by atoms with Gasteiger partial charge in [-0.1, -0.05) is 6.07 Å². The van der Waals surface area contributed by atoms with E-state index in [-0.39, 0.29) is 6.07 Å². The molecule has 0 saturated heterocycles. The first-order valence-electron chi connectivity index (χ1n) is 3.66. The van der Waals surface area contributed by atoms with Crippen LogP contribution in [0.5, 0.6) is 0 Å². The van der Waals surface area contributed by atoms with Crippen LogP contribution in [0.4, 0.5) is 26.3 Å². The molecule has 1 aromatic carbocycles. The fourth-order valence-electron chi connectivity index (χ4n) is 0.978. The Morgan fingerprint density at radius 2 is 1.40 bits per heavy atom. The lowest BCUT2D eigenvalue weighted by Crippen LogP contribution is -2.12. The molecule has 2 radical (unpaired) electrons. The molecule has 0 aliphatic heterocycles. The molecular formula is C9H4F6. The Morgan fingerprint density at radius 1 is 0.867 bits per heavy atom. The Kier molecular flexibility index (Phi) is 2.71. The Hall–Kier alpha value is -1.20. The van der Waals surface area contributed by atoms with Gasteiger partial charge in [-0.15, -0.1) is 0 Å². The lowest BCUT2D eigenvalue weighted by molar-refractivity contribution is -0.143. The smallest absolute Gasteiger partial charge is 0.166 e. The normalized spacial score (nSPS) is 13.0. The summed E-state index contributed by atoms with van der Waals surface area (Å²) in [4.78, 5) is 0. The second-order valence-corrected chi connectivity index (χ2v) is 2.80. The minimum atomic E-state index is -4.88. The summed E-state index contributed by atoms with van der Waals surface area (Å²) in [5.41, 5.74) is -3.57. The van der Waals surface area contributed by atoms with Crippen molar-refractivity contribution in [1.29, 1.82) is 0 Å². The van der Waals surface area contributed by atoms with E-state index in [0.717, 1.165) is 0 Å². The highest BCUT2D eigenvalue weighted by Crippen LogP contribution is 2.36. The molecule has 1 aromatic rings. The number of benzene rings is 1. The molecule has 0 aliphatic rings. The van der Waals surface area contributed by atoms with E-state index in [2.05, 4.69) is 0 Å². The standard InChI is InChI=1S/C9H4F6/c1-5-2-3-6(8(10,11)12)4-7(5)9(13,14)15/h1-4H. The van der Waals surface area contributed by atoms with Crippen molar-refractivity contribution < 1.29 is 26.3 Å². The minimum Gasteiger partial charge on any atom is -0.166 e. The van der Waals surface area contributed by atoms with Gasteiger partial charge in [-0.2, -0.15) is 26.3 Å². The van der Waals surface area contributed by atoms with Crippen molar-refractivity contribution in [2.24, 2.45) is 0 Å². The average Bonchev–Trinajstić information content (AvgIpc) is 2.00. The molecule has 0 aliphatic carbocycles. The molecule has 0 atom stereocenters. The Bertz CT molecular complexity index is 360. The van der Waals surface area contributed by atoms with Gasteiger partial charge in [0.2, 0.25) is 0 Å². The third-order valence-electron chi connectivity index (χ3n) is 1.69. The molecule has 0 heterocycles. The Morgan fingerprint density at radius 3 is 1.80 bits per heavy atom. The van der Waals surface area contributed by atoms with E-state index in [0.29, 0.717) is 12.1 Å². The zero-order chi connectivity index (χ0) is 11.9. The van der Waals surface area contributed by atoms with Gasteiger partial charge in [0.25, 0.3) is 0 Å². The summed E-state index contributed by atoms with van der Waals surface area (Å²) in [6.07, 6.45) is -9.70. The fourth-order valence-corrected chi connectivity index (χ4v) is 0.978. The molecule has 82 valence electrons. The molecule has 0 aromatic heterocycles. The molecule has 0 spiro atoms. The number of hydrogen-bond donors (Lipinski definition) is 0. The van der Waals surface area contributed by atoms with Gasteiger partial charge < -0.3 is 0 Å². The summed E-state index contributed by atoms with van der Waals surface area (Å²) < 4.78 is 72.7. The molecule has 0 nitrogen and oxygen atoms in total. The number of alkyl halides is 6. The van der Waals surface area contributed by atoms with Gasteiger partial charge in [-0.3, -0.25) is 0 Å². The molecule has 0 saturated carbocycles. The number of hydrogen-bond acceptors (Lipinski definition) is 0. The predicted molar refractivity (Wildman–Crippen MR) is 39.8 cm³/mol. The van der Waals surface area contributed by atoms with E-state index in [9.17, 15) is 26.3 Å². The second kappa shape index (κ2) is 3.43. The van der Waals surface area contributed by atoms with E-state index >= 15 is 0 Å². The summed E-state index contributed by atoms with van der Waals surface area (Å²) in [6.45, 7) is 4.93. The topological polar surface area (TPSA) is 0 Å². The van der Waals surface area contributed by atoms with Crippen LogP contribution in [0.15, 0.2) is 18.2 Å². The van der Waals surface area contributed by atoms with Crippen molar-refractivity contribution in [2.75, 3.05) is 0 Å². The zero-order valence-electron chi connectivity index (χ0n) is 7.08. The van der Waals surface area contributed by atoms with Gasteiger partial charge >= 0.3 is 12.4 Å². The Balaban J connectivity index is 3.30. The SMILES string of the molecule is [CH]c1ccc(C(F)(F)F)cc1C(F)(F)F. The van der Waals surface area contributed by atoms with E-state index in [4.69, 9.17) is 6.92 Å². The van der Waals surface area contributed by atoms with E-state index in [1.807, 2.05) is 0 Å². The van der Waals surface area contributed by atoms with Gasteiger partial charge in [-0.05, 0) is 24.6 Å². The lowest BCUT2D eigenvalue weighted by atomic mass is 10.0. The van der Waals surface area contributed by atoms with Gasteiger partial charge in [0.05, 0.1) is 11.1 Å². The zero-order valence-corrected chi connectivity index (χ0v) is 7.08. The monoisotopic (exact) mass is 226 g/mol. The molecule has 0 amide bonds. The summed E-state index contributed by atoms with van der Waals surface area (Å²) in [6, 6.07) is 1.09. The van der Waals surface area contributed by atoms with Crippen molar-refractivity contribution >= 4 is 0 Å². The van der Waals surface area contributed by atoms with Crippen LogP contribution in [0.25, 0.3) is 0 Å². The van der Waals surface area contributed by atoms with Crippen molar-refractivity contribution in [3.63, 3.8) is 0 Å². The first-order valence-corrected chi connectivity index (χ1v) is 3.66. The third-order valence-corrected chi connectivity index (χ3v) is 1.69. The molecule has 15 heavy (non-hydrogen) atoms. The first-order chi connectivity index (χ1) is 6.62. The van der Waals surface area contributed by atoms with E-state index < -0.39 is 29.0 Å². The molecular weight excluding hydrogens is 222 g/mol. The number of halogens is 6. The first kappa shape index (κ1) is 11.9. The molecule has 1 rings (SSSR count). The summed E-state index contributed by atoms with van der Waals surface area (Å²) in [5, 5.41) is 0. The van der Waals surface area contributed by atoms with Crippen LogP contribution in [0.3, 0.4) is 0 Å². The molecule has 6 heteroatoms. The highest BCUT2D eigenvalue weighted by molar-refractivity contribution is 5.37. The van der Waals surface area contributed by atoms with E-state index in [1.165, 1.54) is 0 Å². The highest BCUT2D eigenvalue weighted by Gasteiger charge is 2.37. The minimum absolute atomic E-state index is 0.00463. The van der Waals surface area contributed by atoms with Crippen LogP contribution in [0, 0.1) is 6.92 Å². The van der Waals surface area contributed by atoms with Crippen LogP contribution >= 0.6 is 0 Å². The largest absolute Gasteiger partial charge is 0.416 e. The molecule has 0 fully saturated rings. The predicted octanol–water partition coefficient (Wildman–Crippen LogP) is 3.78. The van der Waals surface area contributed by atoms with Gasteiger partial charge in [0.1, 0.15) is 0 Å². The summed E-state index contributed by atoms with van der Waals surface area (Å²) in [5.74, 6) is 0. The molecule has 0 unspecified atom stereocenters. The second-order valence-electron chi connectivity index (χ2n) is 2.80. The van der Waals surface area contributed by atoms with Crippen molar-refractivity contribution in [3.8, 4) is 0 Å². The summed E-state index contributed by atoms with van der Waals surface area (Å²) >= 11 is 0. The van der Waals surface area contributed by atoms with Gasteiger partial charge in [-0.25, -0.2) is 0 Å². The average molecular weight is 226 g/mol. The maximum Gasteiger partial charge on any atom is 0.416 e. The van der Waals surface area contributed by atoms with Crippen LogP contribution in [0.2, 0.25) is 0 Å². The lowest BCUT2D eigenvalue weighted by Gasteiger charge is -2.13. The highest BCUT2D eigenvalue weighted by atomic mass is 19.4. The van der Waals surface area contributed by atoms with Crippen LogP contribution in [-0.2, 0) is 12.4 Å². The van der Waals surface area contributed by atoms with Crippen molar-refractivity contribution in [3.05, 3.63) is 41.8 Å². The maximum absolute atomic E-state index is 12.2. The molecule has 0 bridgehead atoms. The van der Waals surface area contributed by atoms with Crippen LogP contribution < -0.4 is 0 Å². The van der Waals surface area contributed by atoms with Crippen LogP contribution in [-0.4, -0.2) is 0 Å². The number of rotatable bonds is 0. The fraction of sp³-hybridized carbons (Fsp3) is 0.222. The Labute approximate surface area is 81.5 Å².